The van der Waals surface area contributed by atoms with Crippen molar-refractivity contribution in [3.8, 4) is 0 Å². The Bertz CT molecular complexity index is 416. The average Bonchev–Trinajstić information content (AvgIpc) is 2.42. The summed E-state index contributed by atoms with van der Waals surface area (Å²) < 4.78 is 1.04. The number of benzene rings is 1. The molecule has 0 aromatic heterocycles. The first-order chi connectivity index (χ1) is 9.19. The van der Waals surface area contributed by atoms with Gasteiger partial charge in [-0.25, -0.2) is 0 Å². The number of hydrogen-bond acceptors (Lipinski definition) is 2. The third-order valence-corrected chi connectivity index (χ3v) is 4.09. The van der Waals surface area contributed by atoms with E-state index in [2.05, 4.69) is 20.8 Å². The Morgan fingerprint density at radius 2 is 1.79 bits per heavy atom. The number of hydrogen-bond donors (Lipinski definition) is 0. The molecule has 0 unspecified atom stereocenters. The molecule has 0 radical (unpaired) electrons. The molecule has 1 aliphatic rings. The molecule has 0 bridgehead atoms. The molecule has 5 heteroatoms. The molecule has 1 aromatic carbocycles. The van der Waals surface area contributed by atoms with Gasteiger partial charge in [0, 0.05) is 43.1 Å². The summed E-state index contributed by atoms with van der Waals surface area (Å²) in [5, 5.41) is 0. The fourth-order valence-corrected chi connectivity index (χ4v) is 2.73. The van der Waals surface area contributed by atoms with Crippen molar-refractivity contribution in [2.45, 2.75) is 6.42 Å². The van der Waals surface area contributed by atoms with Crippen LogP contribution in [-0.4, -0.2) is 54.3 Å². The number of amides is 1. The van der Waals surface area contributed by atoms with Crippen molar-refractivity contribution in [1.29, 1.82) is 0 Å². The second kappa shape index (κ2) is 7.27. The Hall–Kier alpha value is -0.580. The zero-order chi connectivity index (χ0) is 13.7. The molecule has 19 heavy (non-hydrogen) atoms. The molecule has 1 saturated heterocycles. The predicted molar refractivity (Wildman–Crippen MR) is 81.6 cm³/mol. The Kier molecular flexibility index (Phi) is 5.67. The molecule has 3 nitrogen and oxygen atoms in total. The highest BCUT2D eigenvalue weighted by Gasteiger charge is 2.20. The summed E-state index contributed by atoms with van der Waals surface area (Å²) in [6.07, 6.45) is 0.489. The van der Waals surface area contributed by atoms with Crippen molar-refractivity contribution >= 4 is 33.4 Å². The Morgan fingerprint density at radius 3 is 2.37 bits per heavy atom. The van der Waals surface area contributed by atoms with E-state index in [0.717, 1.165) is 42.8 Å². The fraction of sp³-hybridized carbons (Fsp3) is 0.500. The summed E-state index contributed by atoms with van der Waals surface area (Å²) in [6, 6.07) is 7.93. The van der Waals surface area contributed by atoms with Crippen molar-refractivity contribution in [1.82, 2.24) is 9.80 Å². The average molecular weight is 346 g/mol. The van der Waals surface area contributed by atoms with E-state index in [0.29, 0.717) is 12.3 Å². The number of piperazine rings is 1. The summed E-state index contributed by atoms with van der Waals surface area (Å²) >= 11 is 9.13. The van der Waals surface area contributed by atoms with E-state index in [1.807, 2.05) is 29.2 Å². The smallest absolute Gasteiger partial charge is 0.227 e. The van der Waals surface area contributed by atoms with Gasteiger partial charge < -0.3 is 4.90 Å². The lowest BCUT2D eigenvalue weighted by Crippen LogP contribution is -2.49. The fourth-order valence-electron chi connectivity index (χ4n) is 2.23. The number of rotatable bonds is 4. The van der Waals surface area contributed by atoms with Crippen molar-refractivity contribution in [2.24, 2.45) is 0 Å². The number of halogens is 2. The molecule has 0 saturated carbocycles. The summed E-state index contributed by atoms with van der Waals surface area (Å²) in [5.74, 6) is 0.875. The number of carbonyl (C=O) groups excluding carboxylic acids is 1. The monoisotopic (exact) mass is 344 g/mol. The van der Waals surface area contributed by atoms with Crippen LogP contribution in [-0.2, 0) is 11.2 Å². The zero-order valence-electron chi connectivity index (χ0n) is 10.8. The maximum absolute atomic E-state index is 12.2. The van der Waals surface area contributed by atoms with Gasteiger partial charge in [-0.15, -0.1) is 11.6 Å². The van der Waals surface area contributed by atoms with Crippen LogP contribution in [0.1, 0.15) is 5.56 Å². The first-order valence-corrected chi connectivity index (χ1v) is 7.82. The number of carbonyl (C=O) groups is 1. The van der Waals surface area contributed by atoms with E-state index in [1.165, 1.54) is 0 Å². The quantitative estimate of drug-likeness (QED) is 0.782. The normalized spacial score (nSPS) is 16.6. The van der Waals surface area contributed by atoms with Gasteiger partial charge in [-0.1, -0.05) is 28.1 Å². The number of alkyl halides is 1. The van der Waals surface area contributed by atoms with Gasteiger partial charge >= 0.3 is 0 Å². The van der Waals surface area contributed by atoms with Crippen LogP contribution >= 0.6 is 27.5 Å². The maximum atomic E-state index is 12.2. The minimum atomic E-state index is 0.216. The highest BCUT2D eigenvalue weighted by molar-refractivity contribution is 9.10. The highest BCUT2D eigenvalue weighted by atomic mass is 79.9. The molecule has 1 fully saturated rings. The molecule has 2 rings (SSSR count). The summed E-state index contributed by atoms with van der Waals surface area (Å²) in [7, 11) is 0. The maximum Gasteiger partial charge on any atom is 0.227 e. The standard InChI is InChI=1S/C14H18BrClN2O/c15-13-3-1-12(2-4-13)11-14(19)18-9-7-17(6-5-16)8-10-18/h1-4H,5-11H2. The van der Waals surface area contributed by atoms with Crippen LogP contribution in [0.25, 0.3) is 0 Å². The summed E-state index contributed by atoms with van der Waals surface area (Å²) in [4.78, 5) is 16.4. The van der Waals surface area contributed by atoms with Crippen LogP contribution in [0.4, 0.5) is 0 Å². The third-order valence-electron chi connectivity index (χ3n) is 3.39. The van der Waals surface area contributed by atoms with Crippen LogP contribution < -0.4 is 0 Å². The van der Waals surface area contributed by atoms with Gasteiger partial charge in [0.2, 0.25) is 5.91 Å². The molecule has 1 aliphatic heterocycles. The largest absolute Gasteiger partial charge is 0.340 e. The van der Waals surface area contributed by atoms with Gasteiger partial charge in [0.1, 0.15) is 0 Å². The molecule has 1 amide bonds. The van der Waals surface area contributed by atoms with Gasteiger partial charge in [0.15, 0.2) is 0 Å². The van der Waals surface area contributed by atoms with Gasteiger partial charge in [-0.3, -0.25) is 9.69 Å². The van der Waals surface area contributed by atoms with E-state index in [-0.39, 0.29) is 5.91 Å². The summed E-state index contributed by atoms with van der Waals surface area (Å²) in [6.45, 7) is 4.40. The lowest BCUT2D eigenvalue weighted by atomic mass is 10.1. The van der Waals surface area contributed by atoms with Crippen LogP contribution in [0.15, 0.2) is 28.7 Å². The van der Waals surface area contributed by atoms with E-state index in [4.69, 9.17) is 11.6 Å². The summed E-state index contributed by atoms with van der Waals surface area (Å²) in [5.41, 5.74) is 1.07. The SMILES string of the molecule is O=C(Cc1ccc(Br)cc1)N1CCN(CCCl)CC1. The first kappa shape index (κ1) is 14.8. The lowest BCUT2D eigenvalue weighted by molar-refractivity contribution is -0.132. The van der Waals surface area contributed by atoms with E-state index >= 15 is 0 Å². The molecule has 0 aliphatic carbocycles. The molecule has 1 aromatic rings. The second-order valence-electron chi connectivity index (χ2n) is 4.71. The molecule has 104 valence electrons. The van der Waals surface area contributed by atoms with E-state index in [1.54, 1.807) is 0 Å². The van der Waals surface area contributed by atoms with Crippen LogP contribution in [0.3, 0.4) is 0 Å². The number of nitrogens with zero attached hydrogens (tertiary/aromatic N) is 2. The van der Waals surface area contributed by atoms with E-state index < -0.39 is 0 Å². The van der Waals surface area contributed by atoms with Crippen molar-refractivity contribution < 1.29 is 4.79 Å². The van der Waals surface area contributed by atoms with Gasteiger partial charge in [0.05, 0.1) is 6.42 Å². The molecular weight excluding hydrogens is 328 g/mol. The first-order valence-electron chi connectivity index (χ1n) is 6.49. The Morgan fingerprint density at radius 1 is 1.16 bits per heavy atom. The van der Waals surface area contributed by atoms with Crippen LogP contribution in [0.5, 0.6) is 0 Å². The lowest BCUT2D eigenvalue weighted by Gasteiger charge is -2.34. The molecule has 0 atom stereocenters. The highest BCUT2D eigenvalue weighted by Crippen LogP contribution is 2.12. The van der Waals surface area contributed by atoms with Crippen molar-refractivity contribution in [2.75, 3.05) is 38.6 Å². The van der Waals surface area contributed by atoms with E-state index in [9.17, 15) is 4.79 Å². The van der Waals surface area contributed by atoms with Crippen molar-refractivity contribution in [3.63, 3.8) is 0 Å². The molecular formula is C14H18BrClN2O. The second-order valence-corrected chi connectivity index (χ2v) is 6.01. The van der Waals surface area contributed by atoms with Gasteiger partial charge in [0.25, 0.3) is 0 Å². The Balaban J connectivity index is 1.83. The van der Waals surface area contributed by atoms with Gasteiger partial charge in [-0.2, -0.15) is 0 Å². The predicted octanol–water partition coefficient (Wildman–Crippen LogP) is 2.37. The minimum Gasteiger partial charge on any atom is -0.340 e. The molecule has 1 heterocycles. The molecule has 0 N–H and O–H groups in total. The van der Waals surface area contributed by atoms with Crippen molar-refractivity contribution in [3.05, 3.63) is 34.3 Å². The Labute approximate surface area is 127 Å². The minimum absolute atomic E-state index is 0.216. The zero-order valence-corrected chi connectivity index (χ0v) is 13.2. The topological polar surface area (TPSA) is 23.6 Å². The van der Waals surface area contributed by atoms with Crippen LogP contribution in [0, 0.1) is 0 Å². The van der Waals surface area contributed by atoms with Crippen LogP contribution in [0.2, 0.25) is 0 Å². The van der Waals surface area contributed by atoms with Gasteiger partial charge in [-0.05, 0) is 17.7 Å². The third kappa shape index (κ3) is 4.48. The molecule has 0 spiro atoms.